The Bertz CT molecular complexity index is 498. The van der Waals surface area contributed by atoms with E-state index in [1.165, 1.54) is 102 Å². The summed E-state index contributed by atoms with van der Waals surface area (Å²) in [6, 6.07) is 0. The second-order valence-electron chi connectivity index (χ2n) is 9.35. The third kappa shape index (κ3) is 23.4. The zero-order valence-corrected chi connectivity index (χ0v) is 21.5. The summed E-state index contributed by atoms with van der Waals surface area (Å²) in [5.74, 6) is -1.99. The highest BCUT2D eigenvalue weighted by molar-refractivity contribution is 5.78. The fraction of sp³-hybridized carbons (Fsp3) is 0.793. The van der Waals surface area contributed by atoms with Crippen molar-refractivity contribution in [3.05, 3.63) is 24.8 Å². The summed E-state index contributed by atoms with van der Waals surface area (Å²) in [5.41, 5.74) is 0. The molecule has 0 aliphatic carbocycles. The number of rotatable bonds is 25. The van der Waals surface area contributed by atoms with Crippen LogP contribution in [-0.2, 0) is 14.3 Å². The van der Waals surface area contributed by atoms with Crippen LogP contribution in [0.3, 0.4) is 0 Å². The fourth-order valence-corrected chi connectivity index (χ4v) is 4.07. The Morgan fingerprint density at radius 3 is 1.67 bits per heavy atom. The smallest absolute Gasteiger partial charge is 0.307 e. The third-order valence-electron chi connectivity index (χ3n) is 6.19. The van der Waals surface area contributed by atoms with Gasteiger partial charge < -0.3 is 9.84 Å². The van der Waals surface area contributed by atoms with Crippen molar-refractivity contribution >= 4 is 11.9 Å². The van der Waals surface area contributed by atoms with Crippen LogP contribution in [0.15, 0.2) is 24.8 Å². The molecule has 1 N–H and O–H groups in total. The molecule has 0 spiro atoms. The van der Waals surface area contributed by atoms with Crippen LogP contribution in [0.4, 0.5) is 0 Å². The molecule has 0 aliphatic rings. The van der Waals surface area contributed by atoms with E-state index in [9.17, 15) is 14.7 Å². The number of aliphatic carboxylic acids is 1. The summed E-state index contributed by atoms with van der Waals surface area (Å²) in [6.07, 6.45) is 29.7. The van der Waals surface area contributed by atoms with Gasteiger partial charge in [0.1, 0.15) is 6.61 Å². The van der Waals surface area contributed by atoms with Gasteiger partial charge in [0.15, 0.2) is 0 Å². The average Bonchev–Trinajstić information content (AvgIpc) is 2.80. The zero-order valence-electron chi connectivity index (χ0n) is 21.5. The first-order valence-electron chi connectivity index (χ1n) is 13.8. The van der Waals surface area contributed by atoms with Gasteiger partial charge in [-0.15, -0.1) is 0 Å². The molecule has 0 saturated heterocycles. The number of esters is 1. The molecule has 0 aromatic rings. The van der Waals surface area contributed by atoms with E-state index in [4.69, 9.17) is 4.74 Å². The molecule has 0 fully saturated rings. The predicted octanol–water partition coefficient (Wildman–Crippen LogP) is 8.79. The molecule has 0 bridgehead atoms. The molecule has 0 aromatic heterocycles. The van der Waals surface area contributed by atoms with E-state index in [-0.39, 0.29) is 13.0 Å². The van der Waals surface area contributed by atoms with Crippen LogP contribution in [0.1, 0.15) is 135 Å². The second-order valence-corrected chi connectivity index (χ2v) is 9.35. The van der Waals surface area contributed by atoms with Crippen LogP contribution in [0.5, 0.6) is 0 Å². The van der Waals surface area contributed by atoms with E-state index in [0.29, 0.717) is 6.42 Å². The number of ether oxygens (including phenoxy) is 1. The Balaban J connectivity index is 3.40. The van der Waals surface area contributed by atoms with Crippen molar-refractivity contribution in [1.29, 1.82) is 0 Å². The summed E-state index contributed by atoms with van der Waals surface area (Å²) in [6.45, 7) is 5.89. The molecule has 192 valence electrons. The van der Waals surface area contributed by atoms with Crippen LogP contribution >= 0.6 is 0 Å². The van der Waals surface area contributed by atoms with Gasteiger partial charge in [0, 0.05) is 0 Å². The van der Waals surface area contributed by atoms with Crippen LogP contribution in [0.2, 0.25) is 0 Å². The van der Waals surface area contributed by atoms with Gasteiger partial charge in [0.05, 0.1) is 12.3 Å². The number of carboxylic acids is 1. The van der Waals surface area contributed by atoms with E-state index < -0.39 is 17.9 Å². The Labute approximate surface area is 204 Å². The molecular weight excluding hydrogens is 412 g/mol. The molecule has 1 unspecified atom stereocenters. The summed E-state index contributed by atoms with van der Waals surface area (Å²) in [5, 5.41) is 9.28. The highest BCUT2D eigenvalue weighted by atomic mass is 16.5. The lowest BCUT2D eigenvalue weighted by Gasteiger charge is -2.11. The first-order valence-corrected chi connectivity index (χ1v) is 13.8. The van der Waals surface area contributed by atoms with Gasteiger partial charge >= 0.3 is 11.9 Å². The van der Waals surface area contributed by atoms with Gasteiger partial charge in [-0.1, -0.05) is 122 Å². The fourth-order valence-electron chi connectivity index (χ4n) is 4.07. The quantitative estimate of drug-likeness (QED) is 0.0832. The Hall–Kier alpha value is -1.58. The normalized spacial score (nSPS) is 12.2. The van der Waals surface area contributed by atoms with Crippen LogP contribution < -0.4 is 0 Å². The molecule has 4 heteroatoms. The molecule has 0 radical (unpaired) electrons. The molecular formula is C29H52O4. The van der Waals surface area contributed by atoms with Gasteiger partial charge in [-0.2, -0.15) is 0 Å². The number of hydrogen-bond acceptors (Lipinski definition) is 3. The van der Waals surface area contributed by atoms with E-state index in [1.54, 1.807) is 0 Å². The van der Waals surface area contributed by atoms with Crippen molar-refractivity contribution in [2.45, 2.75) is 135 Å². The maximum Gasteiger partial charge on any atom is 0.307 e. The lowest BCUT2D eigenvalue weighted by molar-refractivity contribution is -0.151. The maximum absolute atomic E-state index is 11.6. The largest absolute Gasteiger partial charge is 0.481 e. The summed E-state index contributed by atoms with van der Waals surface area (Å²) < 4.78 is 4.90. The van der Waals surface area contributed by atoms with E-state index in [0.717, 1.165) is 19.3 Å². The number of carbonyl (C=O) groups excluding carboxylic acids is 1. The monoisotopic (exact) mass is 464 g/mol. The van der Waals surface area contributed by atoms with E-state index in [2.05, 4.69) is 25.7 Å². The first kappa shape index (κ1) is 31.4. The lowest BCUT2D eigenvalue weighted by Crippen LogP contribution is -2.19. The molecule has 4 nitrogen and oxygen atoms in total. The molecule has 0 heterocycles. The third-order valence-corrected chi connectivity index (χ3v) is 6.19. The van der Waals surface area contributed by atoms with Crippen molar-refractivity contribution in [3.8, 4) is 0 Å². The lowest BCUT2D eigenvalue weighted by atomic mass is 9.97. The summed E-state index contributed by atoms with van der Waals surface area (Å²) >= 11 is 0. The minimum Gasteiger partial charge on any atom is -0.481 e. The van der Waals surface area contributed by atoms with Gasteiger partial charge in [-0.05, 0) is 32.1 Å². The second kappa shape index (κ2) is 25.1. The minimum absolute atomic E-state index is 0.0427. The Morgan fingerprint density at radius 2 is 1.21 bits per heavy atom. The standard InChI is InChI=1S/C29H52O4/c1-3-5-6-7-8-9-10-11-12-13-14-15-16-17-18-19-20-21-22-23-24-27(29(31)32)26-28(30)33-25-4-2/h4,9-10,27H,2-3,5-8,11-26H2,1H3,(H,31,32)/b10-9+. The van der Waals surface area contributed by atoms with Gasteiger partial charge in [0.25, 0.3) is 0 Å². The Kier molecular flexibility index (Phi) is 23.9. The Morgan fingerprint density at radius 1 is 0.758 bits per heavy atom. The SMILES string of the molecule is C=CCOC(=O)CC(CCCCCCCCCCCCCC/C=C/CCCCCC)C(=O)O. The van der Waals surface area contributed by atoms with Crippen LogP contribution in [-0.4, -0.2) is 23.7 Å². The van der Waals surface area contributed by atoms with Crippen molar-refractivity contribution in [2.75, 3.05) is 6.61 Å². The highest BCUT2D eigenvalue weighted by Gasteiger charge is 2.21. The topological polar surface area (TPSA) is 63.6 Å². The van der Waals surface area contributed by atoms with E-state index in [1.807, 2.05) is 0 Å². The highest BCUT2D eigenvalue weighted by Crippen LogP contribution is 2.17. The minimum atomic E-state index is -0.903. The average molecular weight is 465 g/mol. The number of carboxylic acid groups (broad SMARTS) is 1. The molecule has 0 aromatic carbocycles. The van der Waals surface area contributed by atoms with Gasteiger partial charge in [-0.3, -0.25) is 9.59 Å². The van der Waals surface area contributed by atoms with Gasteiger partial charge in [0.2, 0.25) is 0 Å². The summed E-state index contributed by atoms with van der Waals surface area (Å²) in [7, 11) is 0. The number of carbonyl (C=O) groups is 2. The van der Waals surface area contributed by atoms with Crippen LogP contribution in [0, 0.1) is 5.92 Å². The molecule has 33 heavy (non-hydrogen) atoms. The number of allylic oxidation sites excluding steroid dienone is 2. The first-order chi connectivity index (χ1) is 16.1. The van der Waals surface area contributed by atoms with Gasteiger partial charge in [-0.25, -0.2) is 0 Å². The molecule has 0 aliphatic heterocycles. The molecule has 0 amide bonds. The maximum atomic E-state index is 11.6. The zero-order chi connectivity index (χ0) is 24.4. The molecule has 1 atom stereocenters. The number of hydrogen-bond donors (Lipinski definition) is 1. The molecule has 0 rings (SSSR count). The van der Waals surface area contributed by atoms with Crippen molar-refractivity contribution in [3.63, 3.8) is 0 Å². The van der Waals surface area contributed by atoms with E-state index >= 15 is 0 Å². The van der Waals surface area contributed by atoms with Crippen molar-refractivity contribution < 1.29 is 19.4 Å². The number of unbranched alkanes of at least 4 members (excludes halogenated alkanes) is 16. The van der Waals surface area contributed by atoms with Crippen molar-refractivity contribution in [1.82, 2.24) is 0 Å². The van der Waals surface area contributed by atoms with Crippen molar-refractivity contribution in [2.24, 2.45) is 5.92 Å². The molecule has 0 saturated carbocycles. The van der Waals surface area contributed by atoms with Crippen LogP contribution in [0.25, 0.3) is 0 Å². The predicted molar refractivity (Wildman–Crippen MR) is 139 cm³/mol. The summed E-state index contributed by atoms with van der Waals surface area (Å²) in [4.78, 5) is 22.9.